The number of likely N-dealkylation sites (tertiary alicyclic amines) is 1. The zero-order chi connectivity index (χ0) is 15.9. The number of aryl methyl sites for hydroxylation is 2. The van der Waals surface area contributed by atoms with Crippen molar-refractivity contribution >= 4 is 17.5 Å². The van der Waals surface area contributed by atoms with Crippen LogP contribution in [0.2, 0.25) is 5.02 Å². The first-order valence-electron chi connectivity index (χ1n) is 7.02. The van der Waals surface area contributed by atoms with E-state index in [2.05, 4.69) is 10.3 Å². The summed E-state index contributed by atoms with van der Waals surface area (Å²) in [5, 5.41) is 18.3. The van der Waals surface area contributed by atoms with E-state index in [9.17, 15) is 9.90 Å². The molecule has 0 saturated carbocycles. The van der Waals surface area contributed by atoms with Crippen LogP contribution in [0.1, 0.15) is 21.9 Å². The van der Waals surface area contributed by atoms with E-state index in [-0.39, 0.29) is 18.4 Å². The standard InChI is InChI=1S/C14H17ClN4O3/c1-8-3-10(22-17-8)4-9-6-19(7-12(9)20)14(21)13-11(15)5-16-18(13)2/h3,5,9,12,20H,4,6-7H2,1-2H3. The third kappa shape index (κ3) is 2.74. The first kappa shape index (κ1) is 15.1. The Bertz CT molecular complexity index is 677. The molecule has 22 heavy (non-hydrogen) atoms. The monoisotopic (exact) mass is 324 g/mol. The molecule has 3 heterocycles. The summed E-state index contributed by atoms with van der Waals surface area (Å²) in [5.74, 6) is 0.415. The van der Waals surface area contributed by atoms with Crippen LogP contribution < -0.4 is 0 Å². The van der Waals surface area contributed by atoms with Gasteiger partial charge in [0.05, 0.1) is 23.0 Å². The predicted octanol–water partition coefficient (Wildman–Crippen LogP) is 1.05. The Labute approximate surface area is 132 Å². The Morgan fingerprint density at radius 1 is 1.55 bits per heavy atom. The SMILES string of the molecule is Cc1cc(CC2CN(C(=O)c3c(Cl)cnn3C)CC2O)on1. The molecule has 2 unspecified atom stereocenters. The van der Waals surface area contributed by atoms with Crippen LogP contribution in [0.4, 0.5) is 0 Å². The summed E-state index contributed by atoms with van der Waals surface area (Å²) in [5.41, 5.74) is 1.14. The summed E-state index contributed by atoms with van der Waals surface area (Å²) in [4.78, 5) is 14.1. The van der Waals surface area contributed by atoms with Crippen LogP contribution in [-0.4, -0.2) is 50.0 Å². The van der Waals surface area contributed by atoms with Gasteiger partial charge in [-0.1, -0.05) is 16.8 Å². The molecule has 0 aliphatic carbocycles. The molecule has 1 aliphatic heterocycles. The summed E-state index contributed by atoms with van der Waals surface area (Å²) in [6, 6.07) is 1.84. The highest BCUT2D eigenvalue weighted by Gasteiger charge is 2.36. The second-order valence-corrected chi connectivity index (χ2v) is 6.05. The number of rotatable bonds is 3. The van der Waals surface area contributed by atoms with E-state index in [1.807, 2.05) is 13.0 Å². The maximum atomic E-state index is 12.5. The molecule has 2 aromatic heterocycles. The van der Waals surface area contributed by atoms with Crippen molar-refractivity contribution in [2.75, 3.05) is 13.1 Å². The zero-order valence-electron chi connectivity index (χ0n) is 12.4. The average molecular weight is 325 g/mol. The number of carbonyl (C=O) groups is 1. The molecule has 0 radical (unpaired) electrons. The van der Waals surface area contributed by atoms with Crippen LogP contribution in [0, 0.1) is 12.8 Å². The molecule has 0 aromatic carbocycles. The second kappa shape index (κ2) is 5.73. The van der Waals surface area contributed by atoms with E-state index in [1.165, 1.54) is 10.9 Å². The molecule has 1 fully saturated rings. The van der Waals surface area contributed by atoms with Crippen LogP contribution in [0.5, 0.6) is 0 Å². The topological polar surface area (TPSA) is 84.4 Å². The number of nitrogens with zero attached hydrogens (tertiary/aromatic N) is 4. The second-order valence-electron chi connectivity index (χ2n) is 5.64. The quantitative estimate of drug-likeness (QED) is 0.912. The van der Waals surface area contributed by atoms with Crippen molar-refractivity contribution in [3.8, 4) is 0 Å². The van der Waals surface area contributed by atoms with E-state index >= 15 is 0 Å². The highest BCUT2D eigenvalue weighted by atomic mass is 35.5. The average Bonchev–Trinajstić information content (AvgIpc) is 3.12. The maximum Gasteiger partial charge on any atom is 0.273 e. The van der Waals surface area contributed by atoms with Crippen molar-refractivity contribution in [2.24, 2.45) is 13.0 Å². The lowest BCUT2D eigenvalue weighted by molar-refractivity contribution is 0.0754. The third-order valence-electron chi connectivity index (χ3n) is 3.93. The number of aliphatic hydroxyl groups is 1. The molecule has 1 aliphatic rings. The normalized spacial score (nSPS) is 21.5. The van der Waals surface area contributed by atoms with Gasteiger partial charge in [0.2, 0.25) is 0 Å². The molecule has 3 rings (SSSR count). The van der Waals surface area contributed by atoms with Crippen LogP contribution in [-0.2, 0) is 13.5 Å². The Kier molecular flexibility index (Phi) is 3.92. The zero-order valence-corrected chi connectivity index (χ0v) is 13.1. The van der Waals surface area contributed by atoms with Gasteiger partial charge in [0.15, 0.2) is 0 Å². The smallest absolute Gasteiger partial charge is 0.273 e. The van der Waals surface area contributed by atoms with Crippen molar-refractivity contribution in [3.05, 3.63) is 34.4 Å². The number of β-amino-alcohol motifs (C(OH)–C–C–N with tert-alkyl or cyclic N) is 1. The summed E-state index contributed by atoms with van der Waals surface area (Å²) >= 11 is 6.01. The van der Waals surface area contributed by atoms with Gasteiger partial charge in [-0.2, -0.15) is 5.10 Å². The first-order chi connectivity index (χ1) is 10.5. The lowest BCUT2D eigenvalue weighted by atomic mass is 10.0. The summed E-state index contributed by atoms with van der Waals surface area (Å²) in [7, 11) is 1.67. The molecule has 0 bridgehead atoms. The molecule has 7 nitrogen and oxygen atoms in total. The van der Waals surface area contributed by atoms with Crippen molar-refractivity contribution in [1.29, 1.82) is 0 Å². The van der Waals surface area contributed by atoms with Crippen molar-refractivity contribution < 1.29 is 14.4 Å². The molecule has 118 valence electrons. The number of hydrogen-bond donors (Lipinski definition) is 1. The van der Waals surface area contributed by atoms with Gasteiger partial charge in [0.1, 0.15) is 11.5 Å². The summed E-state index contributed by atoms with van der Waals surface area (Å²) in [6.45, 7) is 2.57. The van der Waals surface area contributed by atoms with Gasteiger partial charge in [-0.3, -0.25) is 9.48 Å². The van der Waals surface area contributed by atoms with E-state index < -0.39 is 6.10 Å². The molecule has 1 saturated heterocycles. The lowest BCUT2D eigenvalue weighted by Crippen LogP contribution is -2.31. The minimum atomic E-state index is -0.596. The molecule has 1 amide bonds. The Morgan fingerprint density at radius 2 is 2.32 bits per heavy atom. The van der Waals surface area contributed by atoms with E-state index in [0.29, 0.717) is 23.7 Å². The van der Waals surface area contributed by atoms with Crippen LogP contribution in [0.25, 0.3) is 0 Å². The Hall–Kier alpha value is -1.86. The molecular weight excluding hydrogens is 308 g/mol. The minimum Gasteiger partial charge on any atom is -0.391 e. The summed E-state index contributed by atoms with van der Waals surface area (Å²) in [6.07, 6.45) is 1.39. The van der Waals surface area contributed by atoms with E-state index in [4.69, 9.17) is 16.1 Å². The van der Waals surface area contributed by atoms with Crippen LogP contribution in [0.15, 0.2) is 16.8 Å². The fourth-order valence-corrected chi connectivity index (χ4v) is 3.04. The summed E-state index contributed by atoms with van der Waals surface area (Å²) < 4.78 is 6.63. The highest BCUT2D eigenvalue weighted by Crippen LogP contribution is 2.25. The number of halogens is 1. The number of aromatic nitrogens is 3. The van der Waals surface area contributed by atoms with Crippen LogP contribution in [0.3, 0.4) is 0 Å². The van der Waals surface area contributed by atoms with Crippen molar-refractivity contribution in [2.45, 2.75) is 19.4 Å². The fraction of sp³-hybridized carbons (Fsp3) is 0.500. The molecule has 2 aromatic rings. The van der Waals surface area contributed by atoms with Crippen molar-refractivity contribution in [1.82, 2.24) is 19.8 Å². The predicted molar refractivity (Wildman–Crippen MR) is 78.6 cm³/mol. The Morgan fingerprint density at radius 3 is 2.91 bits per heavy atom. The van der Waals surface area contributed by atoms with Gasteiger partial charge < -0.3 is 14.5 Å². The van der Waals surface area contributed by atoms with Gasteiger partial charge in [0, 0.05) is 38.5 Å². The molecule has 1 N–H and O–H groups in total. The van der Waals surface area contributed by atoms with Gasteiger partial charge in [-0.05, 0) is 6.92 Å². The number of aliphatic hydroxyl groups excluding tert-OH is 1. The number of carbonyl (C=O) groups excluding carboxylic acids is 1. The van der Waals surface area contributed by atoms with E-state index in [1.54, 1.807) is 11.9 Å². The third-order valence-corrected chi connectivity index (χ3v) is 4.21. The number of hydrogen-bond acceptors (Lipinski definition) is 5. The molecular formula is C14H17ClN4O3. The lowest BCUT2D eigenvalue weighted by Gasteiger charge is -2.16. The van der Waals surface area contributed by atoms with Gasteiger partial charge in [-0.15, -0.1) is 0 Å². The van der Waals surface area contributed by atoms with Crippen LogP contribution >= 0.6 is 11.6 Å². The van der Waals surface area contributed by atoms with E-state index in [0.717, 1.165) is 11.5 Å². The Balaban J connectivity index is 1.71. The van der Waals surface area contributed by atoms with Gasteiger partial charge in [-0.25, -0.2) is 0 Å². The molecule has 2 atom stereocenters. The largest absolute Gasteiger partial charge is 0.391 e. The van der Waals surface area contributed by atoms with Gasteiger partial charge >= 0.3 is 0 Å². The highest BCUT2D eigenvalue weighted by molar-refractivity contribution is 6.33. The molecule has 0 spiro atoms. The maximum absolute atomic E-state index is 12.5. The van der Waals surface area contributed by atoms with Gasteiger partial charge in [0.25, 0.3) is 5.91 Å². The molecule has 8 heteroatoms. The first-order valence-corrected chi connectivity index (χ1v) is 7.40. The minimum absolute atomic E-state index is 0.0803. The van der Waals surface area contributed by atoms with Crippen molar-refractivity contribution in [3.63, 3.8) is 0 Å². The fourth-order valence-electron chi connectivity index (χ4n) is 2.79. The number of amides is 1.